The number of carbonyl (C=O) groups excluding carboxylic acids is 2. The molecule has 2 rings (SSSR count). The maximum absolute atomic E-state index is 12.3. The topological polar surface area (TPSA) is 104 Å². The molecule has 3 N–H and O–H groups in total. The molecule has 2 atom stereocenters. The summed E-state index contributed by atoms with van der Waals surface area (Å²) in [5, 5.41) is 9.20. The van der Waals surface area contributed by atoms with Crippen molar-refractivity contribution in [2.75, 3.05) is 32.7 Å². The second kappa shape index (κ2) is 6.01. The lowest BCUT2D eigenvalue weighted by molar-refractivity contribution is -0.147. The molecule has 2 amide bonds. The Morgan fingerprint density at radius 3 is 2.62 bits per heavy atom. The molecule has 2 heterocycles. The Morgan fingerprint density at radius 2 is 2.05 bits per heavy atom. The van der Waals surface area contributed by atoms with Gasteiger partial charge in [-0.1, -0.05) is 0 Å². The Morgan fingerprint density at radius 1 is 1.33 bits per heavy atom. The summed E-state index contributed by atoms with van der Waals surface area (Å²) in [7, 11) is 0. The monoisotopic (exact) mass is 297 g/mol. The van der Waals surface area contributed by atoms with E-state index in [1.54, 1.807) is 11.8 Å². The molecule has 0 aromatic carbocycles. The maximum Gasteiger partial charge on any atom is 0.310 e. The summed E-state index contributed by atoms with van der Waals surface area (Å²) in [6, 6.07) is 0. The number of carbonyl (C=O) groups is 3. The minimum absolute atomic E-state index is 0.0458. The third-order valence-corrected chi connectivity index (χ3v) is 4.60. The van der Waals surface area contributed by atoms with Gasteiger partial charge in [0.1, 0.15) is 0 Å². The quantitative estimate of drug-likeness (QED) is 0.728. The van der Waals surface area contributed by atoms with Gasteiger partial charge in [0.25, 0.3) is 0 Å². The molecule has 0 aliphatic carbocycles. The third kappa shape index (κ3) is 3.53. The van der Waals surface area contributed by atoms with E-state index in [-0.39, 0.29) is 24.3 Å². The van der Waals surface area contributed by atoms with Crippen molar-refractivity contribution in [2.45, 2.75) is 26.2 Å². The van der Waals surface area contributed by atoms with Gasteiger partial charge in [-0.25, -0.2) is 0 Å². The van der Waals surface area contributed by atoms with Crippen molar-refractivity contribution < 1.29 is 19.5 Å². The molecule has 2 saturated heterocycles. The Kier molecular flexibility index (Phi) is 4.51. The Balaban J connectivity index is 1.88. The van der Waals surface area contributed by atoms with Crippen LogP contribution in [0.25, 0.3) is 0 Å². The van der Waals surface area contributed by atoms with E-state index in [1.807, 2.05) is 4.90 Å². The van der Waals surface area contributed by atoms with Crippen LogP contribution in [0.1, 0.15) is 26.2 Å². The molecule has 7 nitrogen and oxygen atoms in total. The first kappa shape index (κ1) is 15.8. The Bertz CT molecular complexity index is 454. The number of primary amides is 1. The molecular formula is C14H23N3O4. The van der Waals surface area contributed by atoms with Crippen LogP contribution >= 0.6 is 0 Å². The fourth-order valence-electron chi connectivity index (χ4n) is 3.09. The molecule has 0 spiro atoms. The summed E-state index contributed by atoms with van der Waals surface area (Å²) < 4.78 is 0. The molecule has 118 valence electrons. The number of hydrogen-bond acceptors (Lipinski definition) is 4. The first-order valence-corrected chi connectivity index (χ1v) is 7.35. The summed E-state index contributed by atoms with van der Waals surface area (Å²) in [5.41, 5.74) is 4.54. The summed E-state index contributed by atoms with van der Waals surface area (Å²) in [4.78, 5) is 38.3. The molecule has 0 radical (unpaired) electrons. The predicted molar refractivity (Wildman–Crippen MR) is 75.3 cm³/mol. The van der Waals surface area contributed by atoms with E-state index in [0.29, 0.717) is 32.6 Å². The van der Waals surface area contributed by atoms with Gasteiger partial charge in [-0.05, 0) is 32.7 Å². The lowest BCUT2D eigenvalue weighted by atomic mass is 9.90. The van der Waals surface area contributed by atoms with Gasteiger partial charge in [-0.2, -0.15) is 0 Å². The van der Waals surface area contributed by atoms with Gasteiger partial charge >= 0.3 is 5.97 Å². The van der Waals surface area contributed by atoms with Gasteiger partial charge in [0.05, 0.1) is 17.9 Å². The highest BCUT2D eigenvalue weighted by Crippen LogP contribution is 2.30. The number of hydrogen-bond donors (Lipinski definition) is 2. The van der Waals surface area contributed by atoms with Crippen LogP contribution in [-0.4, -0.2) is 65.4 Å². The molecule has 0 aromatic heterocycles. The van der Waals surface area contributed by atoms with Gasteiger partial charge in [-0.15, -0.1) is 0 Å². The van der Waals surface area contributed by atoms with Crippen molar-refractivity contribution in [3.63, 3.8) is 0 Å². The molecule has 2 unspecified atom stereocenters. The average Bonchev–Trinajstić information content (AvgIpc) is 2.81. The van der Waals surface area contributed by atoms with E-state index < -0.39 is 11.4 Å². The lowest BCUT2D eigenvalue weighted by Crippen LogP contribution is -2.47. The van der Waals surface area contributed by atoms with Crippen LogP contribution < -0.4 is 5.73 Å². The van der Waals surface area contributed by atoms with Crippen LogP contribution in [0.3, 0.4) is 0 Å². The van der Waals surface area contributed by atoms with Crippen LogP contribution in [-0.2, 0) is 14.4 Å². The second-order valence-corrected chi connectivity index (χ2v) is 6.41. The second-order valence-electron chi connectivity index (χ2n) is 6.41. The van der Waals surface area contributed by atoms with Crippen molar-refractivity contribution in [1.29, 1.82) is 0 Å². The van der Waals surface area contributed by atoms with Crippen LogP contribution in [0.4, 0.5) is 0 Å². The zero-order valence-electron chi connectivity index (χ0n) is 12.4. The average molecular weight is 297 g/mol. The summed E-state index contributed by atoms with van der Waals surface area (Å²) >= 11 is 0. The number of amides is 2. The van der Waals surface area contributed by atoms with E-state index in [2.05, 4.69) is 0 Å². The van der Waals surface area contributed by atoms with E-state index in [1.165, 1.54) is 0 Å². The van der Waals surface area contributed by atoms with Gasteiger partial charge in [0, 0.05) is 19.6 Å². The van der Waals surface area contributed by atoms with E-state index in [9.17, 15) is 19.5 Å². The highest BCUT2D eigenvalue weighted by molar-refractivity contribution is 5.81. The number of carboxylic acid groups (broad SMARTS) is 1. The summed E-state index contributed by atoms with van der Waals surface area (Å²) in [6.45, 7) is 3.96. The molecule has 7 heteroatoms. The van der Waals surface area contributed by atoms with Gasteiger partial charge in [0.15, 0.2) is 0 Å². The normalized spacial score (nSPS) is 30.3. The Hall–Kier alpha value is -1.63. The predicted octanol–water partition coefficient (Wildman–Crippen LogP) is -0.493. The van der Waals surface area contributed by atoms with Gasteiger partial charge in [-0.3, -0.25) is 19.3 Å². The standard InChI is InChI=1S/C14H23N3O4/c1-14(13(20)21)4-6-16(9-14)8-11(18)17-5-2-3-10(7-17)12(15)19/h10H,2-9H2,1H3,(H2,15,19)(H,20,21). The highest BCUT2D eigenvalue weighted by Gasteiger charge is 2.41. The van der Waals surface area contributed by atoms with Crippen molar-refractivity contribution in [1.82, 2.24) is 9.80 Å². The summed E-state index contributed by atoms with van der Waals surface area (Å²) in [5.74, 6) is -1.47. The molecular weight excluding hydrogens is 274 g/mol. The fourth-order valence-corrected chi connectivity index (χ4v) is 3.09. The fraction of sp³-hybridized carbons (Fsp3) is 0.786. The maximum atomic E-state index is 12.3. The van der Waals surface area contributed by atoms with E-state index in [4.69, 9.17) is 5.73 Å². The van der Waals surface area contributed by atoms with Crippen LogP contribution in [0.15, 0.2) is 0 Å². The first-order chi connectivity index (χ1) is 9.82. The van der Waals surface area contributed by atoms with Gasteiger partial charge in [0.2, 0.25) is 11.8 Å². The van der Waals surface area contributed by atoms with E-state index in [0.717, 1.165) is 12.8 Å². The van der Waals surface area contributed by atoms with Crippen molar-refractivity contribution >= 4 is 17.8 Å². The third-order valence-electron chi connectivity index (χ3n) is 4.60. The smallest absolute Gasteiger partial charge is 0.310 e. The molecule has 2 fully saturated rings. The molecule has 0 bridgehead atoms. The minimum Gasteiger partial charge on any atom is -0.481 e. The number of likely N-dealkylation sites (tertiary alicyclic amines) is 2. The number of carboxylic acids is 1. The summed E-state index contributed by atoms with van der Waals surface area (Å²) in [6.07, 6.45) is 2.08. The highest BCUT2D eigenvalue weighted by atomic mass is 16.4. The SMILES string of the molecule is CC1(C(=O)O)CCN(CC(=O)N2CCCC(C(N)=O)C2)C1. The van der Waals surface area contributed by atoms with Crippen LogP contribution in [0.2, 0.25) is 0 Å². The zero-order chi connectivity index (χ0) is 15.6. The number of rotatable bonds is 4. The van der Waals surface area contributed by atoms with Crippen molar-refractivity contribution in [2.24, 2.45) is 17.1 Å². The molecule has 0 aromatic rings. The Labute approximate surface area is 124 Å². The van der Waals surface area contributed by atoms with E-state index >= 15 is 0 Å². The van der Waals surface area contributed by atoms with Crippen molar-refractivity contribution in [3.05, 3.63) is 0 Å². The zero-order valence-corrected chi connectivity index (χ0v) is 12.4. The largest absolute Gasteiger partial charge is 0.481 e. The number of piperidine rings is 1. The molecule has 2 aliphatic heterocycles. The van der Waals surface area contributed by atoms with Crippen molar-refractivity contribution in [3.8, 4) is 0 Å². The minimum atomic E-state index is -0.816. The lowest BCUT2D eigenvalue weighted by Gasteiger charge is -2.32. The molecule has 21 heavy (non-hydrogen) atoms. The molecule has 2 aliphatic rings. The number of nitrogens with zero attached hydrogens (tertiary/aromatic N) is 2. The van der Waals surface area contributed by atoms with Gasteiger partial charge < -0.3 is 15.7 Å². The number of nitrogens with two attached hydrogens (primary N) is 1. The first-order valence-electron chi connectivity index (χ1n) is 7.35. The number of aliphatic carboxylic acids is 1. The molecule has 0 saturated carbocycles. The van der Waals surface area contributed by atoms with Crippen LogP contribution in [0, 0.1) is 11.3 Å². The van der Waals surface area contributed by atoms with Crippen LogP contribution in [0.5, 0.6) is 0 Å².